The van der Waals surface area contributed by atoms with Crippen molar-refractivity contribution < 1.29 is 4.79 Å². The van der Waals surface area contributed by atoms with E-state index in [1.165, 1.54) is 0 Å². The Morgan fingerprint density at radius 3 is 2.67 bits per heavy atom. The van der Waals surface area contributed by atoms with Crippen molar-refractivity contribution in [1.82, 2.24) is 5.32 Å². The van der Waals surface area contributed by atoms with Crippen LogP contribution in [0.25, 0.3) is 0 Å². The fraction of sp³-hybridized carbons (Fsp3) is 0.571. The topological polar surface area (TPSA) is 29.1 Å². The van der Waals surface area contributed by atoms with E-state index in [0.717, 1.165) is 0 Å². The van der Waals surface area contributed by atoms with Crippen molar-refractivity contribution in [3.05, 3.63) is 12.2 Å². The summed E-state index contributed by atoms with van der Waals surface area (Å²) in [6.07, 6.45) is 5.72. The van der Waals surface area contributed by atoms with Gasteiger partial charge in [-0.3, -0.25) is 10.1 Å². The first-order valence-electron chi connectivity index (χ1n) is 3.03. The predicted molar refractivity (Wildman–Crippen MR) is 35.8 cm³/mol. The van der Waals surface area contributed by atoms with Gasteiger partial charge in [0.05, 0.1) is 0 Å². The Bertz CT molecular complexity index is 153. The highest BCUT2D eigenvalue weighted by molar-refractivity contribution is 5.69. The van der Waals surface area contributed by atoms with Crippen LogP contribution in [-0.4, -0.2) is 17.9 Å². The van der Waals surface area contributed by atoms with E-state index in [1.807, 2.05) is 25.4 Å². The number of carbonyl (C=O) groups excluding carboxylic acids is 1. The van der Waals surface area contributed by atoms with Crippen molar-refractivity contribution >= 4 is 6.29 Å². The Labute approximate surface area is 54.9 Å². The molecule has 1 heterocycles. The molecule has 0 saturated carbocycles. The minimum atomic E-state index is -0.528. The van der Waals surface area contributed by atoms with Crippen molar-refractivity contribution in [2.45, 2.75) is 25.4 Å². The summed E-state index contributed by atoms with van der Waals surface area (Å²) in [5.41, 5.74) is -0.528. The standard InChI is InChI=1S/C7H10NO/c1-6-3-4-7(2,5-9)8-6/h3-4,6,8H,1-2H3. The second kappa shape index (κ2) is 1.95. The van der Waals surface area contributed by atoms with Crippen LogP contribution in [0, 0.1) is 0 Å². The third kappa shape index (κ3) is 1.19. The number of rotatable bonds is 1. The summed E-state index contributed by atoms with van der Waals surface area (Å²) in [5, 5.41) is 3.05. The van der Waals surface area contributed by atoms with Crippen LogP contribution in [0.5, 0.6) is 0 Å². The lowest BCUT2D eigenvalue weighted by Crippen LogP contribution is -2.41. The van der Waals surface area contributed by atoms with E-state index in [9.17, 15) is 4.79 Å². The maximum atomic E-state index is 10.2. The van der Waals surface area contributed by atoms with Crippen LogP contribution in [0.3, 0.4) is 0 Å². The second-order valence-electron chi connectivity index (χ2n) is 2.60. The lowest BCUT2D eigenvalue weighted by Gasteiger charge is -2.14. The summed E-state index contributed by atoms with van der Waals surface area (Å²) >= 11 is 0. The van der Waals surface area contributed by atoms with Crippen LogP contribution in [0.4, 0.5) is 0 Å². The molecule has 0 aliphatic carbocycles. The molecule has 2 heteroatoms. The molecule has 0 amide bonds. The van der Waals surface area contributed by atoms with Crippen LogP contribution < -0.4 is 5.32 Å². The van der Waals surface area contributed by atoms with Gasteiger partial charge in [0.25, 0.3) is 0 Å². The SMILES string of the molecule is CC1C=CC(C)([C]=O)N1. The van der Waals surface area contributed by atoms with Crippen molar-refractivity contribution in [3.63, 3.8) is 0 Å². The third-order valence-corrected chi connectivity index (χ3v) is 1.46. The van der Waals surface area contributed by atoms with Gasteiger partial charge >= 0.3 is 0 Å². The summed E-state index contributed by atoms with van der Waals surface area (Å²) in [6, 6.07) is 0.302. The fourth-order valence-corrected chi connectivity index (χ4v) is 0.969. The number of nitrogens with one attached hydrogen (secondary N) is 1. The monoisotopic (exact) mass is 124 g/mol. The average molecular weight is 124 g/mol. The van der Waals surface area contributed by atoms with Crippen LogP contribution in [0.2, 0.25) is 0 Å². The van der Waals surface area contributed by atoms with Crippen LogP contribution in [0.15, 0.2) is 12.2 Å². The van der Waals surface area contributed by atoms with Gasteiger partial charge in [-0.2, -0.15) is 0 Å². The highest BCUT2D eigenvalue weighted by atomic mass is 16.1. The first-order valence-corrected chi connectivity index (χ1v) is 3.03. The molecule has 1 radical (unpaired) electrons. The van der Waals surface area contributed by atoms with Gasteiger partial charge in [-0.25, -0.2) is 0 Å². The minimum Gasteiger partial charge on any atom is -0.296 e. The normalized spacial score (nSPS) is 41.3. The molecule has 49 valence electrons. The highest BCUT2D eigenvalue weighted by Gasteiger charge is 2.26. The molecular weight excluding hydrogens is 114 g/mol. The molecule has 0 saturated heterocycles. The largest absolute Gasteiger partial charge is 0.296 e. The van der Waals surface area contributed by atoms with Gasteiger partial charge in [0, 0.05) is 6.04 Å². The summed E-state index contributed by atoms with van der Waals surface area (Å²) in [6.45, 7) is 3.80. The molecule has 9 heavy (non-hydrogen) atoms. The van der Waals surface area contributed by atoms with Crippen LogP contribution in [0.1, 0.15) is 13.8 Å². The summed E-state index contributed by atoms with van der Waals surface area (Å²) in [4.78, 5) is 10.2. The third-order valence-electron chi connectivity index (χ3n) is 1.46. The van der Waals surface area contributed by atoms with Gasteiger partial charge < -0.3 is 0 Å². The molecule has 0 aromatic rings. The molecule has 0 aromatic heterocycles. The molecule has 2 atom stereocenters. The predicted octanol–water partition coefficient (Wildman–Crippen LogP) is 0.403. The Morgan fingerprint density at radius 1 is 1.78 bits per heavy atom. The maximum Gasteiger partial charge on any atom is 0.224 e. The van der Waals surface area contributed by atoms with E-state index < -0.39 is 5.54 Å². The Kier molecular flexibility index (Phi) is 1.41. The van der Waals surface area contributed by atoms with E-state index in [-0.39, 0.29) is 0 Å². The molecule has 1 rings (SSSR count). The zero-order valence-corrected chi connectivity index (χ0v) is 5.64. The molecule has 0 spiro atoms. The van der Waals surface area contributed by atoms with Gasteiger partial charge in [0.15, 0.2) is 0 Å². The first kappa shape index (κ1) is 6.49. The smallest absolute Gasteiger partial charge is 0.224 e. The summed E-state index contributed by atoms with van der Waals surface area (Å²) < 4.78 is 0. The second-order valence-corrected chi connectivity index (χ2v) is 2.60. The van der Waals surface area contributed by atoms with Gasteiger partial charge in [0.1, 0.15) is 5.54 Å². The van der Waals surface area contributed by atoms with Gasteiger partial charge in [-0.15, -0.1) is 0 Å². The molecule has 1 aliphatic heterocycles. The van der Waals surface area contributed by atoms with E-state index in [4.69, 9.17) is 0 Å². The lowest BCUT2D eigenvalue weighted by atomic mass is 10.1. The quantitative estimate of drug-likeness (QED) is 0.513. The van der Waals surface area contributed by atoms with Gasteiger partial charge in [0.2, 0.25) is 6.29 Å². The Hall–Kier alpha value is -0.630. The Balaban J connectivity index is 2.67. The maximum absolute atomic E-state index is 10.2. The molecule has 0 bridgehead atoms. The molecule has 0 fully saturated rings. The van der Waals surface area contributed by atoms with E-state index in [2.05, 4.69) is 5.32 Å². The number of hydrogen-bond acceptors (Lipinski definition) is 2. The highest BCUT2D eigenvalue weighted by Crippen LogP contribution is 2.11. The molecular formula is C7H10NO. The molecule has 1 N–H and O–H groups in total. The zero-order chi connectivity index (χ0) is 6.91. The van der Waals surface area contributed by atoms with Crippen molar-refractivity contribution in [1.29, 1.82) is 0 Å². The average Bonchev–Trinajstić information content (AvgIpc) is 2.13. The van der Waals surface area contributed by atoms with E-state index >= 15 is 0 Å². The fourth-order valence-electron chi connectivity index (χ4n) is 0.969. The summed E-state index contributed by atoms with van der Waals surface area (Å²) in [5.74, 6) is 0. The van der Waals surface area contributed by atoms with Gasteiger partial charge in [-0.05, 0) is 13.8 Å². The van der Waals surface area contributed by atoms with E-state index in [0.29, 0.717) is 6.04 Å². The van der Waals surface area contributed by atoms with Crippen LogP contribution >= 0.6 is 0 Å². The van der Waals surface area contributed by atoms with Crippen LogP contribution in [-0.2, 0) is 4.79 Å². The minimum absolute atomic E-state index is 0.302. The molecule has 2 nitrogen and oxygen atoms in total. The Morgan fingerprint density at radius 2 is 2.44 bits per heavy atom. The molecule has 1 aliphatic rings. The first-order chi connectivity index (χ1) is 4.16. The lowest BCUT2D eigenvalue weighted by molar-refractivity contribution is 0.485. The number of hydrogen-bond donors (Lipinski definition) is 1. The summed E-state index contributed by atoms with van der Waals surface area (Å²) in [7, 11) is 0. The van der Waals surface area contributed by atoms with E-state index in [1.54, 1.807) is 6.92 Å². The van der Waals surface area contributed by atoms with Crippen molar-refractivity contribution in [2.75, 3.05) is 0 Å². The molecule has 2 unspecified atom stereocenters. The van der Waals surface area contributed by atoms with Gasteiger partial charge in [-0.1, -0.05) is 12.2 Å². The zero-order valence-electron chi connectivity index (χ0n) is 5.64. The van der Waals surface area contributed by atoms with Crippen molar-refractivity contribution in [2.24, 2.45) is 0 Å². The molecule has 0 aromatic carbocycles. The van der Waals surface area contributed by atoms with Crippen molar-refractivity contribution in [3.8, 4) is 0 Å².